The molecule has 4 aromatic carbocycles. The van der Waals surface area contributed by atoms with E-state index in [0.717, 1.165) is 45.1 Å². The molecule has 1 heterocycles. The Bertz CT molecular complexity index is 1410. The highest BCUT2D eigenvalue weighted by atomic mass is 35.5. The molecular weight excluding hydrogens is 517 g/mol. The fourth-order valence-corrected chi connectivity index (χ4v) is 4.17. The summed E-state index contributed by atoms with van der Waals surface area (Å²) in [5, 5.41) is 1.35. The first-order valence-electron chi connectivity index (χ1n) is 12.1. The number of aromatic nitrogens is 2. The van der Waals surface area contributed by atoms with Gasteiger partial charge >= 0.3 is 0 Å². The van der Waals surface area contributed by atoms with Crippen LogP contribution >= 0.6 is 23.2 Å². The van der Waals surface area contributed by atoms with E-state index in [4.69, 9.17) is 48.4 Å². The zero-order valence-corrected chi connectivity index (χ0v) is 22.0. The summed E-state index contributed by atoms with van der Waals surface area (Å²) in [7, 11) is 0. The molecule has 5 rings (SSSR count). The van der Waals surface area contributed by atoms with E-state index in [0.29, 0.717) is 29.1 Å². The lowest BCUT2D eigenvalue weighted by atomic mass is 10.0. The summed E-state index contributed by atoms with van der Waals surface area (Å²) >= 11 is 11.9. The molecule has 0 spiro atoms. The van der Waals surface area contributed by atoms with Crippen LogP contribution in [0.5, 0.6) is 11.5 Å². The zero-order chi connectivity index (χ0) is 26.3. The van der Waals surface area contributed by atoms with E-state index >= 15 is 0 Å². The predicted octanol–water partition coefficient (Wildman–Crippen LogP) is 7.73. The smallest absolute Gasteiger partial charge is 0.143 e. The predicted molar refractivity (Wildman–Crippen MR) is 152 cm³/mol. The number of benzene rings is 4. The van der Waals surface area contributed by atoms with E-state index < -0.39 is 0 Å². The lowest BCUT2D eigenvalue weighted by Gasteiger charge is -2.11. The summed E-state index contributed by atoms with van der Waals surface area (Å²) in [6, 6.07) is 32.8. The van der Waals surface area contributed by atoms with Gasteiger partial charge in [0.25, 0.3) is 0 Å². The Balaban J connectivity index is 1.36. The third-order valence-corrected chi connectivity index (χ3v) is 6.34. The van der Waals surface area contributed by atoms with Crippen LogP contribution in [0, 0.1) is 0 Å². The fraction of sp³-hybridized carbons (Fsp3) is 0.0968. The average molecular weight is 542 g/mol. The van der Waals surface area contributed by atoms with Crippen LogP contribution < -0.4 is 15.2 Å². The second-order valence-corrected chi connectivity index (χ2v) is 9.52. The van der Waals surface area contributed by atoms with Crippen molar-refractivity contribution in [2.24, 2.45) is 5.73 Å². The molecule has 0 amide bonds. The number of rotatable bonds is 9. The molecule has 0 aliphatic carbocycles. The van der Waals surface area contributed by atoms with Crippen LogP contribution in [0.4, 0.5) is 0 Å². The molecular formula is C31H25Cl2N3O2. The van der Waals surface area contributed by atoms with Crippen LogP contribution in [0.3, 0.4) is 0 Å². The van der Waals surface area contributed by atoms with Crippen LogP contribution in [0.15, 0.2) is 103 Å². The van der Waals surface area contributed by atoms with Crippen LogP contribution in [-0.2, 0) is 19.8 Å². The molecule has 0 saturated carbocycles. The van der Waals surface area contributed by atoms with Gasteiger partial charge < -0.3 is 15.2 Å². The third-order valence-electron chi connectivity index (χ3n) is 5.84. The van der Waals surface area contributed by atoms with Gasteiger partial charge in [0.1, 0.15) is 30.5 Å². The molecule has 0 saturated heterocycles. The molecule has 0 aliphatic heterocycles. The monoisotopic (exact) mass is 541 g/mol. The molecule has 2 N–H and O–H groups in total. The average Bonchev–Trinajstić information content (AvgIpc) is 2.96. The molecule has 0 atom stereocenters. The molecule has 0 aliphatic rings. The molecule has 7 heteroatoms. The van der Waals surface area contributed by atoms with Gasteiger partial charge in [-0.2, -0.15) is 0 Å². The summed E-state index contributed by atoms with van der Waals surface area (Å²) < 4.78 is 11.8. The number of hydrogen-bond acceptors (Lipinski definition) is 5. The minimum atomic E-state index is 0.236. The van der Waals surface area contributed by atoms with Crippen molar-refractivity contribution in [3.63, 3.8) is 0 Å². The highest BCUT2D eigenvalue weighted by Gasteiger charge is 2.10. The maximum absolute atomic E-state index is 5.97. The molecule has 0 radical (unpaired) electrons. The Morgan fingerprint density at radius 3 is 1.45 bits per heavy atom. The normalized spacial score (nSPS) is 10.8. The van der Waals surface area contributed by atoms with Gasteiger partial charge in [0, 0.05) is 21.2 Å². The van der Waals surface area contributed by atoms with Gasteiger partial charge in [0.15, 0.2) is 0 Å². The second-order valence-electron chi connectivity index (χ2n) is 8.64. The van der Waals surface area contributed by atoms with Crippen molar-refractivity contribution < 1.29 is 9.47 Å². The number of ether oxygens (including phenoxy) is 2. The molecule has 0 bridgehead atoms. The molecule has 1 aromatic heterocycles. The van der Waals surface area contributed by atoms with Crippen LogP contribution in [-0.4, -0.2) is 9.97 Å². The van der Waals surface area contributed by atoms with Crippen molar-refractivity contribution in [3.8, 4) is 34.0 Å². The maximum atomic E-state index is 5.97. The van der Waals surface area contributed by atoms with Crippen LogP contribution in [0.1, 0.15) is 17.0 Å². The first kappa shape index (κ1) is 25.7. The van der Waals surface area contributed by atoms with Crippen molar-refractivity contribution in [2.45, 2.75) is 19.8 Å². The summed E-state index contributed by atoms with van der Waals surface area (Å²) in [4.78, 5) is 9.39. The van der Waals surface area contributed by atoms with E-state index in [2.05, 4.69) is 12.1 Å². The van der Waals surface area contributed by atoms with Crippen molar-refractivity contribution in [1.82, 2.24) is 9.97 Å². The Kier molecular flexibility index (Phi) is 8.19. The van der Waals surface area contributed by atoms with Gasteiger partial charge in [-0.1, -0.05) is 59.6 Å². The maximum Gasteiger partial charge on any atom is 0.143 e. The largest absolute Gasteiger partial charge is 0.489 e. The minimum absolute atomic E-state index is 0.236. The Hall–Kier alpha value is -3.90. The highest BCUT2D eigenvalue weighted by molar-refractivity contribution is 6.30. The Labute approximate surface area is 231 Å². The Morgan fingerprint density at radius 2 is 1.03 bits per heavy atom. The minimum Gasteiger partial charge on any atom is -0.489 e. The highest BCUT2D eigenvalue weighted by Crippen LogP contribution is 2.26. The van der Waals surface area contributed by atoms with Crippen molar-refractivity contribution in [3.05, 3.63) is 130 Å². The number of halogens is 2. The van der Waals surface area contributed by atoms with Crippen molar-refractivity contribution in [2.75, 3.05) is 0 Å². The molecule has 38 heavy (non-hydrogen) atoms. The lowest BCUT2D eigenvalue weighted by Crippen LogP contribution is -2.05. The van der Waals surface area contributed by atoms with Crippen molar-refractivity contribution in [1.29, 1.82) is 0 Å². The van der Waals surface area contributed by atoms with E-state index in [1.807, 2.05) is 91.0 Å². The van der Waals surface area contributed by atoms with Gasteiger partial charge in [-0.15, -0.1) is 0 Å². The van der Waals surface area contributed by atoms with E-state index in [1.54, 1.807) is 0 Å². The first-order valence-corrected chi connectivity index (χ1v) is 12.8. The standard InChI is InChI=1S/C31H25Cl2N3O2/c32-25-7-11-27(12-8-25)37-19-21-3-1-5-23(15-21)29-17-30(36-31(18-34)35-29)24-6-2-4-22(16-24)20-38-28-13-9-26(33)10-14-28/h1-17H,18-20,34H2. The Morgan fingerprint density at radius 1 is 0.579 bits per heavy atom. The van der Waals surface area contributed by atoms with E-state index in [1.165, 1.54) is 0 Å². The molecule has 5 aromatic rings. The molecule has 190 valence electrons. The SMILES string of the molecule is NCc1nc(-c2cccc(COc3ccc(Cl)cc3)c2)cc(-c2cccc(COc3ccc(Cl)cc3)c2)n1. The van der Waals surface area contributed by atoms with E-state index in [9.17, 15) is 0 Å². The summed E-state index contributed by atoms with van der Waals surface area (Å²) in [5.41, 5.74) is 11.5. The fourth-order valence-electron chi connectivity index (χ4n) is 3.92. The first-order chi connectivity index (χ1) is 18.6. The van der Waals surface area contributed by atoms with Crippen molar-refractivity contribution >= 4 is 23.2 Å². The van der Waals surface area contributed by atoms with Gasteiger partial charge in [0.2, 0.25) is 0 Å². The van der Waals surface area contributed by atoms with Gasteiger partial charge in [-0.3, -0.25) is 0 Å². The zero-order valence-electron chi connectivity index (χ0n) is 20.5. The van der Waals surface area contributed by atoms with Gasteiger partial charge in [-0.25, -0.2) is 9.97 Å². The third kappa shape index (κ3) is 6.69. The van der Waals surface area contributed by atoms with Gasteiger partial charge in [0.05, 0.1) is 17.9 Å². The second kappa shape index (κ2) is 12.1. The summed E-state index contributed by atoms with van der Waals surface area (Å²) in [6.45, 7) is 1.08. The number of nitrogens with zero attached hydrogens (tertiary/aromatic N) is 2. The molecule has 0 fully saturated rings. The quantitative estimate of drug-likeness (QED) is 0.206. The molecule has 0 unspecified atom stereocenters. The van der Waals surface area contributed by atoms with Crippen LogP contribution in [0.2, 0.25) is 10.0 Å². The van der Waals surface area contributed by atoms with Crippen LogP contribution in [0.25, 0.3) is 22.5 Å². The topological polar surface area (TPSA) is 70.3 Å². The number of hydrogen-bond donors (Lipinski definition) is 1. The number of nitrogens with two attached hydrogens (primary N) is 1. The van der Waals surface area contributed by atoms with E-state index in [-0.39, 0.29) is 6.54 Å². The summed E-state index contributed by atoms with van der Waals surface area (Å²) in [6.07, 6.45) is 0. The lowest BCUT2D eigenvalue weighted by molar-refractivity contribution is 0.306. The summed E-state index contributed by atoms with van der Waals surface area (Å²) in [5.74, 6) is 2.09. The molecule has 5 nitrogen and oxygen atoms in total. The van der Waals surface area contributed by atoms with Gasteiger partial charge in [-0.05, 0) is 77.9 Å².